The normalized spacial score (nSPS) is 0. The molecule has 0 aliphatic rings. The van der Waals surface area contributed by atoms with Crippen LogP contribution < -0.4 is 0 Å². The van der Waals surface area contributed by atoms with Gasteiger partial charge in [-0.05, 0) is 0 Å². The third-order valence-corrected chi connectivity index (χ3v) is 0. The first-order valence-electron chi connectivity index (χ1n) is 0. The van der Waals surface area contributed by atoms with Crippen LogP contribution in [0.2, 0.25) is 0 Å². The summed E-state index contributed by atoms with van der Waals surface area (Å²) in [5, 5.41) is 0. The summed E-state index contributed by atoms with van der Waals surface area (Å²) in [6, 6.07) is 0. The molecule has 0 unspecified atom stereocenters. The fourth-order valence-electron chi connectivity index (χ4n) is 0. The van der Waals surface area contributed by atoms with E-state index in [-0.39, 0.29) is 83.1 Å². The molecule has 0 bridgehead atoms. The molecule has 0 N–H and O–H groups in total. The van der Waals surface area contributed by atoms with E-state index in [2.05, 4.69) is 0 Å². The minimum atomic E-state index is 0. The van der Waals surface area contributed by atoms with Crippen LogP contribution in [0, 0.1) is 0 Å². The number of rotatable bonds is 0. The van der Waals surface area contributed by atoms with Gasteiger partial charge in [0, 0.05) is 17.1 Å². The Balaban J connectivity index is 0. The van der Waals surface area contributed by atoms with E-state index in [9.17, 15) is 0 Å². The van der Waals surface area contributed by atoms with Crippen molar-refractivity contribution in [1.82, 2.24) is 0 Å². The molecule has 56 valence electrons. The first kappa shape index (κ1) is 93.7. The Kier molecular flexibility index (Phi) is 946. The van der Waals surface area contributed by atoms with Gasteiger partial charge in [-0.25, -0.2) is 0 Å². The molecule has 0 aromatic carbocycles. The Hall–Kier alpha value is 2.08. The van der Waals surface area contributed by atoms with Gasteiger partial charge in [-0.2, -0.15) is 0 Å². The van der Waals surface area contributed by atoms with Crippen LogP contribution >= 0.6 is 0 Å². The maximum Gasteiger partial charge on any atom is 2.00 e. The van der Waals surface area contributed by atoms with Crippen molar-refractivity contribution in [2.45, 2.75) is 14.9 Å². The zero-order valence-corrected chi connectivity index (χ0v) is 4.97. The molecule has 0 aliphatic heterocycles. The molecule has 0 heterocycles. The van der Waals surface area contributed by atoms with Crippen LogP contribution in [0.5, 0.6) is 0 Å². The van der Waals surface area contributed by atoms with E-state index in [1.807, 2.05) is 0 Å². The smallest absolute Gasteiger partial charge is 0.0776 e. The van der Waals surface area contributed by atoms with Gasteiger partial charge in [0.1, 0.15) is 0 Å². The van der Waals surface area contributed by atoms with Crippen LogP contribution in [-0.4, -0.2) is 0 Å². The largest absolute Gasteiger partial charge is 2.00 e. The molecule has 0 rings (SSSR count). The van der Waals surface area contributed by atoms with Crippen LogP contribution in [0.1, 0.15) is 14.9 Å². The van der Waals surface area contributed by atoms with Crippen LogP contribution in [0.15, 0.2) is 0 Å². The summed E-state index contributed by atoms with van der Waals surface area (Å²) in [4.78, 5) is 0. The van der Waals surface area contributed by atoms with E-state index in [0.717, 1.165) is 0 Å². The van der Waals surface area contributed by atoms with Crippen LogP contribution in [-0.2, 0) is 68.3 Å². The van der Waals surface area contributed by atoms with Crippen molar-refractivity contribution in [1.29, 1.82) is 0 Å². The van der Waals surface area contributed by atoms with Crippen molar-refractivity contribution < 1.29 is 68.3 Å². The predicted molar refractivity (Wildman–Crippen MR) is 13.5 cm³/mol. The zero-order valence-electron chi connectivity index (χ0n) is 1.21. The summed E-state index contributed by atoms with van der Waals surface area (Å²) in [6.45, 7) is 0. The minimum Gasteiger partial charge on any atom is -0.0776 e. The SMILES string of the molecule is C.C.[Cu+2].[Cu+].[Cu+].[Cu]. The maximum absolute atomic E-state index is 0. The summed E-state index contributed by atoms with van der Waals surface area (Å²) >= 11 is 0. The third kappa shape index (κ3) is 36.3. The molecule has 0 nitrogen and oxygen atoms in total. The predicted octanol–water partition coefficient (Wildman–Crippen LogP) is 1.26. The van der Waals surface area contributed by atoms with Gasteiger partial charge in [-0.1, -0.05) is 14.9 Å². The van der Waals surface area contributed by atoms with Gasteiger partial charge in [0.15, 0.2) is 0 Å². The van der Waals surface area contributed by atoms with Crippen molar-refractivity contribution in [3.05, 3.63) is 0 Å². The van der Waals surface area contributed by atoms with Crippen molar-refractivity contribution in [3.8, 4) is 0 Å². The summed E-state index contributed by atoms with van der Waals surface area (Å²) < 4.78 is 0. The molecule has 0 atom stereocenters. The second kappa shape index (κ2) is 60.6. The van der Waals surface area contributed by atoms with Crippen molar-refractivity contribution >= 4 is 0 Å². The fraction of sp³-hybridized carbons (Fsp3) is 1.00. The third-order valence-electron chi connectivity index (χ3n) is 0. The summed E-state index contributed by atoms with van der Waals surface area (Å²) in [6.07, 6.45) is 0. The van der Waals surface area contributed by atoms with Gasteiger partial charge in [0.05, 0.1) is 0 Å². The number of hydrogen-bond donors (Lipinski definition) is 0. The first-order valence-corrected chi connectivity index (χ1v) is 0. The Morgan fingerprint density at radius 3 is 0.667 bits per heavy atom. The molecule has 0 aromatic rings. The Morgan fingerprint density at radius 1 is 0.667 bits per heavy atom. The Labute approximate surface area is 82.5 Å². The molecule has 0 aromatic heterocycles. The molecular formula is C2H8Cu4+4. The second-order valence-corrected chi connectivity index (χ2v) is 0. The van der Waals surface area contributed by atoms with Crippen molar-refractivity contribution in [3.63, 3.8) is 0 Å². The standard InChI is InChI=1S/2CH4.4Cu/h2*1H4;;;;/q;;;2*+1;+2. The second-order valence-electron chi connectivity index (χ2n) is 0. The molecule has 0 aliphatic carbocycles. The molecule has 0 fully saturated rings. The summed E-state index contributed by atoms with van der Waals surface area (Å²) in [5.41, 5.74) is 0. The molecule has 0 saturated carbocycles. The molecule has 0 spiro atoms. The van der Waals surface area contributed by atoms with Crippen LogP contribution in [0.3, 0.4) is 0 Å². The van der Waals surface area contributed by atoms with Gasteiger partial charge in [-0.15, -0.1) is 0 Å². The molecule has 0 saturated heterocycles. The molecular weight excluding hydrogens is 278 g/mol. The summed E-state index contributed by atoms with van der Waals surface area (Å²) in [7, 11) is 0. The van der Waals surface area contributed by atoms with Crippen LogP contribution in [0.25, 0.3) is 0 Å². The quantitative estimate of drug-likeness (QED) is 0.588. The first-order chi connectivity index (χ1) is 0. The van der Waals surface area contributed by atoms with Gasteiger partial charge in [0.2, 0.25) is 0 Å². The van der Waals surface area contributed by atoms with E-state index in [1.54, 1.807) is 0 Å². The van der Waals surface area contributed by atoms with Gasteiger partial charge in [0.25, 0.3) is 0 Å². The molecule has 4 heteroatoms. The molecule has 6 heavy (non-hydrogen) atoms. The van der Waals surface area contributed by atoms with Crippen molar-refractivity contribution in [2.24, 2.45) is 0 Å². The average molecular weight is 286 g/mol. The van der Waals surface area contributed by atoms with Gasteiger partial charge >= 0.3 is 51.2 Å². The Morgan fingerprint density at radius 2 is 0.667 bits per heavy atom. The van der Waals surface area contributed by atoms with E-state index in [4.69, 9.17) is 0 Å². The number of hydrogen-bond acceptors (Lipinski definition) is 0. The van der Waals surface area contributed by atoms with E-state index in [1.165, 1.54) is 0 Å². The van der Waals surface area contributed by atoms with Crippen molar-refractivity contribution in [2.75, 3.05) is 0 Å². The molecule has 2 radical (unpaired) electrons. The summed E-state index contributed by atoms with van der Waals surface area (Å²) in [5.74, 6) is 0. The van der Waals surface area contributed by atoms with Gasteiger partial charge < -0.3 is 0 Å². The van der Waals surface area contributed by atoms with E-state index in [0.29, 0.717) is 0 Å². The van der Waals surface area contributed by atoms with E-state index < -0.39 is 0 Å². The average Bonchev–Trinajstić information content (AvgIpc) is 0. The Bertz CT molecular complexity index is 5.51. The topological polar surface area (TPSA) is 0 Å². The monoisotopic (exact) mass is 284 g/mol. The van der Waals surface area contributed by atoms with E-state index >= 15 is 0 Å². The minimum absolute atomic E-state index is 0. The van der Waals surface area contributed by atoms with Gasteiger partial charge in [-0.3, -0.25) is 0 Å². The zero-order chi connectivity index (χ0) is 0. The maximum atomic E-state index is 0. The van der Waals surface area contributed by atoms with Crippen LogP contribution in [0.4, 0.5) is 0 Å². The molecule has 0 amide bonds. The fourth-order valence-corrected chi connectivity index (χ4v) is 0.